The Kier molecular flexibility index (Phi) is 6.25. The molecular weight excluding hydrogens is 280 g/mol. The Labute approximate surface area is 127 Å². The van der Waals surface area contributed by atoms with Crippen molar-refractivity contribution in [2.75, 3.05) is 26.3 Å². The summed E-state index contributed by atoms with van der Waals surface area (Å²) in [5.41, 5.74) is 5.93. The maximum atomic E-state index is 12.2. The van der Waals surface area contributed by atoms with E-state index < -0.39 is 5.79 Å². The second kappa shape index (κ2) is 7.07. The summed E-state index contributed by atoms with van der Waals surface area (Å²) in [6.45, 7) is 8.84. The Morgan fingerprint density at radius 3 is 2.20 bits per heavy atom. The SMILES string of the molecule is CC(C)[C@H](N)C(=O)N1CCC(C2(C)OCCO2)CC1.Cl. The van der Waals surface area contributed by atoms with Gasteiger partial charge in [-0.25, -0.2) is 0 Å². The topological polar surface area (TPSA) is 64.8 Å². The van der Waals surface area contributed by atoms with Crippen molar-refractivity contribution in [2.45, 2.75) is 45.4 Å². The first-order chi connectivity index (χ1) is 8.94. The lowest BCUT2D eigenvalue weighted by atomic mass is 9.88. The number of nitrogens with two attached hydrogens (primary N) is 1. The summed E-state index contributed by atoms with van der Waals surface area (Å²) in [5.74, 6) is 0.181. The first-order valence-corrected chi connectivity index (χ1v) is 7.26. The van der Waals surface area contributed by atoms with Gasteiger partial charge in [0.25, 0.3) is 0 Å². The molecule has 1 atom stereocenters. The molecule has 6 heteroatoms. The van der Waals surface area contributed by atoms with Crippen LogP contribution in [0.1, 0.15) is 33.6 Å². The molecule has 0 bridgehead atoms. The third-order valence-corrected chi connectivity index (χ3v) is 4.41. The Hall–Kier alpha value is -0.360. The highest BCUT2D eigenvalue weighted by Gasteiger charge is 2.42. The molecule has 0 radical (unpaired) electrons. The van der Waals surface area contributed by atoms with Crippen LogP contribution in [0, 0.1) is 11.8 Å². The maximum Gasteiger partial charge on any atom is 0.239 e. The van der Waals surface area contributed by atoms with Crippen LogP contribution >= 0.6 is 12.4 Å². The van der Waals surface area contributed by atoms with Crippen molar-refractivity contribution in [3.63, 3.8) is 0 Å². The Balaban J connectivity index is 0.00000200. The molecule has 2 aliphatic rings. The molecule has 2 saturated heterocycles. The maximum absolute atomic E-state index is 12.2. The lowest BCUT2D eigenvalue weighted by molar-refractivity contribution is -0.191. The third kappa shape index (κ3) is 3.64. The van der Waals surface area contributed by atoms with Crippen LogP contribution in [-0.4, -0.2) is 48.9 Å². The number of likely N-dealkylation sites (tertiary alicyclic amines) is 1. The van der Waals surface area contributed by atoms with E-state index in [1.54, 1.807) is 0 Å². The molecule has 2 fully saturated rings. The third-order valence-electron chi connectivity index (χ3n) is 4.41. The van der Waals surface area contributed by atoms with E-state index in [2.05, 4.69) is 0 Å². The van der Waals surface area contributed by atoms with Gasteiger partial charge < -0.3 is 20.1 Å². The highest BCUT2D eigenvalue weighted by atomic mass is 35.5. The zero-order valence-electron chi connectivity index (χ0n) is 12.6. The molecule has 0 spiro atoms. The Morgan fingerprint density at radius 2 is 1.75 bits per heavy atom. The van der Waals surface area contributed by atoms with E-state index in [1.165, 1.54) is 0 Å². The molecule has 0 saturated carbocycles. The molecule has 0 unspecified atom stereocenters. The van der Waals surface area contributed by atoms with Crippen LogP contribution in [0.25, 0.3) is 0 Å². The smallest absolute Gasteiger partial charge is 0.239 e. The molecule has 0 aromatic rings. The van der Waals surface area contributed by atoms with Crippen molar-refractivity contribution in [3.05, 3.63) is 0 Å². The number of hydrogen-bond acceptors (Lipinski definition) is 4. The monoisotopic (exact) mass is 306 g/mol. The van der Waals surface area contributed by atoms with Crippen molar-refractivity contribution >= 4 is 18.3 Å². The first kappa shape index (κ1) is 17.7. The van der Waals surface area contributed by atoms with Gasteiger partial charge >= 0.3 is 0 Å². The van der Waals surface area contributed by atoms with Crippen molar-refractivity contribution < 1.29 is 14.3 Å². The summed E-state index contributed by atoms with van der Waals surface area (Å²) < 4.78 is 11.4. The second-order valence-corrected chi connectivity index (χ2v) is 6.08. The van der Waals surface area contributed by atoms with E-state index in [9.17, 15) is 4.79 Å². The quantitative estimate of drug-likeness (QED) is 0.856. The summed E-state index contributed by atoms with van der Waals surface area (Å²) in [6, 6.07) is -0.383. The Morgan fingerprint density at radius 1 is 1.25 bits per heavy atom. The minimum absolute atomic E-state index is 0. The fraction of sp³-hybridized carbons (Fsp3) is 0.929. The van der Waals surface area contributed by atoms with Gasteiger partial charge in [0.1, 0.15) is 0 Å². The Bertz CT molecular complexity index is 324. The van der Waals surface area contributed by atoms with Gasteiger partial charge in [-0.15, -0.1) is 12.4 Å². The number of carbonyl (C=O) groups is 1. The van der Waals surface area contributed by atoms with Gasteiger partial charge in [-0.05, 0) is 25.7 Å². The number of carbonyl (C=O) groups excluding carboxylic acids is 1. The average molecular weight is 307 g/mol. The van der Waals surface area contributed by atoms with Gasteiger partial charge in [-0.2, -0.15) is 0 Å². The van der Waals surface area contributed by atoms with Crippen molar-refractivity contribution in [3.8, 4) is 0 Å². The van der Waals surface area contributed by atoms with Crippen molar-refractivity contribution in [1.29, 1.82) is 0 Å². The normalized spacial score (nSPS) is 24.6. The van der Waals surface area contributed by atoms with Gasteiger partial charge in [0, 0.05) is 19.0 Å². The van der Waals surface area contributed by atoms with E-state index in [-0.39, 0.29) is 30.3 Å². The molecule has 0 aliphatic carbocycles. The largest absolute Gasteiger partial charge is 0.348 e. The van der Waals surface area contributed by atoms with E-state index in [0.29, 0.717) is 19.1 Å². The molecule has 2 rings (SSSR count). The van der Waals surface area contributed by atoms with Crippen molar-refractivity contribution in [2.24, 2.45) is 17.6 Å². The van der Waals surface area contributed by atoms with E-state index in [1.807, 2.05) is 25.7 Å². The number of nitrogens with zero attached hydrogens (tertiary/aromatic N) is 1. The summed E-state index contributed by atoms with van der Waals surface area (Å²) in [7, 11) is 0. The number of amides is 1. The molecule has 2 heterocycles. The predicted octanol–water partition coefficient (Wildman–Crippen LogP) is 1.39. The van der Waals surface area contributed by atoms with Crippen LogP contribution in [0.3, 0.4) is 0 Å². The van der Waals surface area contributed by atoms with Gasteiger partial charge in [-0.1, -0.05) is 13.8 Å². The predicted molar refractivity (Wildman–Crippen MR) is 79.7 cm³/mol. The average Bonchev–Trinajstić information content (AvgIpc) is 2.85. The van der Waals surface area contributed by atoms with Gasteiger partial charge in [0.05, 0.1) is 19.3 Å². The number of hydrogen-bond donors (Lipinski definition) is 1. The van der Waals surface area contributed by atoms with Crippen LogP contribution in [0.4, 0.5) is 0 Å². The molecule has 1 amide bonds. The summed E-state index contributed by atoms with van der Waals surface area (Å²) >= 11 is 0. The van der Waals surface area contributed by atoms with Gasteiger partial charge in [0.2, 0.25) is 5.91 Å². The minimum atomic E-state index is -0.449. The highest BCUT2D eigenvalue weighted by molar-refractivity contribution is 5.85. The van der Waals surface area contributed by atoms with Gasteiger partial charge in [-0.3, -0.25) is 4.79 Å². The molecule has 2 N–H and O–H groups in total. The lowest BCUT2D eigenvalue weighted by Crippen LogP contribution is -2.51. The van der Waals surface area contributed by atoms with Crippen LogP contribution in [0.5, 0.6) is 0 Å². The van der Waals surface area contributed by atoms with Crippen LogP contribution in [0.15, 0.2) is 0 Å². The van der Waals surface area contributed by atoms with Crippen molar-refractivity contribution in [1.82, 2.24) is 4.90 Å². The second-order valence-electron chi connectivity index (χ2n) is 6.08. The molecule has 0 aromatic heterocycles. The fourth-order valence-corrected chi connectivity index (χ4v) is 2.89. The minimum Gasteiger partial charge on any atom is -0.348 e. The van der Waals surface area contributed by atoms with Crippen LogP contribution < -0.4 is 5.73 Å². The zero-order chi connectivity index (χ0) is 14.0. The van der Waals surface area contributed by atoms with Crippen LogP contribution in [0.2, 0.25) is 0 Å². The highest BCUT2D eigenvalue weighted by Crippen LogP contribution is 2.35. The molecule has 5 nitrogen and oxygen atoms in total. The van der Waals surface area contributed by atoms with E-state index in [4.69, 9.17) is 15.2 Å². The fourth-order valence-electron chi connectivity index (χ4n) is 2.89. The van der Waals surface area contributed by atoms with E-state index >= 15 is 0 Å². The number of piperidine rings is 1. The van der Waals surface area contributed by atoms with E-state index in [0.717, 1.165) is 25.9 Å². The van der Waals surface area contributed by atoms with Gasteiger partial charge in [0.15, 0.2) is 5.79 Å². The first-order valence-electron chi connectivity index (χ1n) is 7.26. The molecular formula is C14H27ClN2O3. The summed E-state index contributed by atoms with van der Waals surface area (Å²) in [6.07, 6.45) is 1.85. The number of ether oxygens (including phenoxy) is 2. The number of halogens is 1. The summed E-state index contributed by atoms with van der Waals surface area (Å²) in [5, 5.41) is 0. The molecule has 20 heavy (non-hydrogen) atoms. The molecule has 118 valence electrons. The zero-order valence-corrected chi connectivity index (χ0v) is 13.4. The van der Waals surface area contributed by atoms with Crippen LogP contribution in [-0.2, 0) is 14.3 Å². The molecule has 0 aromatic carbocycles. The summed E-state index contributed by atoms with van der Waals surface area (Å²) in [4.78, 5) is 14.1. The lowest BCUT2D eigenvalue weighted by Gasteiger charge is -2.40. The number of rotatable bonds is 3. The standard InChI is InChI=1S/C14H26N2O3.ClH/c1-10(2)12(15)13(17)16-6-4-11(5-7-16)14(3)18-8-9-19-14;/h10-12H,4-9,15H2,1-3H3;1H/t12-;/m0./s1. The molecule has 2 aliphatic heterocycles.